The van der Waals surface area contributed by atoms with Gasteiger partial charge in [0.1, 0.15) is 5.70 Å². The lowest BCUT2D eigenvalue weighted by atomic mass is 10.0. The van der Waals surface area contributed by atoms with Gasteiger partial charge in [-0.1, -0.05) is 41.4 Å². The van der Waals surface area contributed by atoms with E-state index in [1.54, 1.807) is 18.2 Å². The van der Waals surface area contributed by atoms with E-state index in [9.17, 15) is 9.59 Å². The molecule has 6 heteroatoms. The Morgan fingerprint density at radius 1 is 0.960 bits per heavy atom. The summed E-state index contributed by atoms with van der Waals surface area (Å²) in [4.78, 5) is 26.3. The zero-order chi connectivity index (χ0) is 18.3. The molecule has 1 aliphatic rings. The first-order valence-electron chi connectivity index (χ1n) is 7.66. The summed E-state index contributed by atoms with van der Waals surface area (Å²) in [6, 6.07) is 10.7. The molecule has 3 rings (SSSR count). The molecule has 1 aliphatic heterocycles. The van der Waals surface area contributed by atoms with Gasteiger partial charge in [-0.05, 0) is 43.2 Å². The summed E-state index contributed by atoms with van der Waals surface area (Å²) >= 11 is 12.2. The lowest BCUT2D eigenvalue weighted by Gasteiger charge is -2.12. The number of benzene rings is 2. The van der Waals surface area contributed by atoms with Crippen LogP contribution in [0.3, 0.4) is 0 Å². The van der Waals surface area contributed by atoms with Gasteiger partial charge in [0.25, 0.3) is 11.8 Å². The molecular formula is C19H16Cl2N2O2. The summed E-state index contributed by atoms with van der Waals surface area (Å²) in [5.74, 6) is -0.797. The number of halogens is 2. The Morgan fingerprint density at radius 2 is 1.68 bits per heavy atom. The molecule has 2 amide bonds. The van der Waals surface area contributed by atoms with Gasteiger partial charge in [-0.15, -0.1) is 0 Å². The highest BCUT2D eigenvalue weighted by Crippen LogP contribution is 2.35. The number of amides is 2. The second-order valence-electron chi connectivity index (χ2n) is 5.99. The summed E-state index contributed by atoms with van der Waals surface area (Å²) in [5, 5.41) is 3.91. The van der Waals surface area contributed by atoms with E-state index in [0.29, 0.717) is 15.6 Å². The molecule has 4 nitrogen and oxygen atoms in total. The largest absolute Gasteiger partial charge is 0.350 e. The topological polar surface area (TPSA) is 49.4 Å². The maximum atomic E-state index is 12.6. The first-order chi connectivity index (χ1) is 11.8. The van der Waals surface area contributed by atoms with Crippen LogP contribution < -0.4 is 5.32 Å². The fourth-order valence-corrected chi connectivity index (χ4v) is 3.21. The third kappa shape index (κ3) is 3.15. The predicted molar refractivity (Wildman–Crippen MR) is 101 cm³/mol. The molecule has 2 aromatic rings. The van der Waals surface area contributed by atoms with E-state index in [-0.39, 0.29) is 11.3 Å². The Hall–Kier alpha value is -2.30. The lowest BCUT2D eigenvalue weighted by Crippen LogP contribution is -2.28. The number of carbonyl (C=O) groups excluding carboxylic acids is 2. The minimum absolute atomic E-state index is 0.213. The van der Waals surface area contributed by atoms with Gasteiger partial charge in [-0.2, -0.15) is 0 Å². The summed E-state index contributed by atoms with van der Waals surface area (Å²) in [5.41, 5.74) is 3.72. The lowest BCUT2D eigenvalue weighted by molar-refractivity contribution is -0.135. The van der Waals surface area contributed by atoms with Crippen LogP contribution in [-0.2, 0) is 9.59 Å². The summed E-state index contributed by atoms with van der Waals surface area (Å²) in [7, 11) is 1.45. The van der Waals surface area contributed by atoms with Crippen molar-refractivity contribution in [3.05, 3.63) is 68.8 Å². The first-order valence-corrected chi connectivity index (χ1v) is 8.41. The van der Waals surface area contributed by atoms with Gasteiger partial charge >= 0.3 is 0 Å². The molecule has 0 saturated carbocycles. The van der Waals surface area contributed by atoms with Crippen LogP contribution in [0.25, 0.3) is 5.57 Å². The number of hydrogen-bond donors (Lipinski definition) is 1. The second kappa shape index (κ2) is 6.54. The van der Waals surface area contributed by atoms with E-state index in [4.69, 9.17) is 23.2 Å². The second-order valence-corrected chi connectivity index (χ2v) is 6.83. The maximum Gasteiger partial charge on any atom is 0.277 e. The van der Waals surface area contributed by atoms with E-state index < -0.39 is 11.8 Å². The van der Waals surface area contributed by atoms with Crippen LogP contribution in [0.1, 0.15) is 16.7 Å². The van der Waals surface area contributed by atoms with Gasteiger partial charge in [0.15, 0.2) is 0 Å². The normalized spacial score (nSPS) is 14.5. The Kier molecular flexibility index (Phi) is 4.58. The molecule has 1 N–H and O–H groups in total. The molecule has 0 fully saturated rings. The molecule has 25 heavy (non-hydrogen) atoms. The number of nitrogens with zero attached hydrogens (tertiary/aromatic N) is 1. The van der Waals surface area contributed by atoms with Crippen molar-refractivity contribution in [1.29, 1.82) is 0 Å². The van der Waals surface area contributed by atoms with Crippen LogP contribution in [0.15, 0.2) is 42.1 Å². The van der Waals surface area contributed by atoms with E-state index in [2.05, 4.69) is 5.32 Å². The molecule has 0 unspecified atom stereocenters. The molecule has 2 aromatic carbocycles. The zero-order valence-corrected chi connectivity index (χ0v) is 15.5. The van der Waals surface area contributed by atoms with Crippen LogP contribution in [0.2, 0.25) is 10.0 Å². The Morgan fingerprint density at radius 3 is 2.36 bits per heavy atom. The molecule has 0 saturated heterocycles. The SMILES string of the molecule is Cc1ccc(C)c(NC2=C(c3ccc(Cl)cc3Cl)C(=O)N(C)C2=O)c1. The van der Waals surface area contributed by atoms with Gasteiger partial charge in [0.05, 0.1) is 10.6 Å². The fraction of sp³-hybridized carbons (Fsp3) is 0.158. The Bertz CT molecular complexity index is 935. The third-order valence-electron chi connectivity index (χ3n) is 4.14. The molecule has 0 aromatic heterocycles. The van der Waals surface area contributed by atoms with Crippen molar-refractivity contribution in [2.24, 2.45) is 0 Å². The smallest absolute Gasteiger partial charge is 0.277 e. The van der Waals surface area contributed by atoms with E-state index in [0.717, 1.165) is 21.7 Å². The van der Waals surface area contributed by atoms with Crippen molar-refractivity contribution < 1.29 is 9.59 Å². The fourth-order valence-electron chi connectivity index (χ4n) is 2.70. The monoisotopic (exact) mass is 374 g/mol. The highest BCUT2D eigenvalue weighted by Gasteiger charge is 2.37. The highest BCUT2D eigenvalue weighted by atomic mass is 35.5. The molecule has 128 valence electrons. The minimum atomic E-state index is -0.401. The maximum absolute atomic E-state index is 12.6. The predicted octanol–water partition coefficient (Wildman–Crippen LogP) is 4.43. The average molecular weight is 375 g/mol. The van der Waals surface area contributed by atoms with Gasteiger partial charge in [-0.25, -0.2) is 0 Å². The number of anilines is 1. The molecule has 1 heterocycles. The van der Waals surface area contributed by atoms with Gasteiger partial charge < -0.3 is 5.32 Å². The van der Waals surface area contributed by atoms with Crippen LogP contribution in [0.4, 0.5) is 5.69 Å². The van der Waals surface area contributed by atoms with E-state index in [1.165, 1.54) is 7.05 Å². The van der Waals surface area contributed by atoms with E-state index >= 15 is 0 Å². The van der Waals surface area contributed by atoms with Crippen molar-refractivity contribution in [3.8, 4) is 0 Å². The first kappa shape index (κ1) is 17.5. The molecule has 0 radical (unpaired) electrons. The van der Waals surface area contributed by atoms with Gasteiger partial charge in [0.2, 0.25) is 0 Å². The number of rotatable bonds is 3. The summed E-state index contributed by atoms with van der Waals surface area (Å²) in [6.07, 6.45) is 0. The molecule has 0 atom stereocenters. The number of hydrogen-bond acceptors (Lipinski definition) is 3. The van der Waals surface area contributed by atoms with Crippen LogP contribution in [0.5, 0.6) is 0 Å². The summed E-state index contributed by atoms with van der Waals surface area (Å²) < 4.78 is 0. The zero-order valence-electron chi connectivity index (χ0n) is 14.0. The summed E-state index contributed by atoms with van der Waals surface area (Å²) in [6.45, 7) is 3.89. The van der Waals surface area contributed by atoms with Crippen LogP contribution in [0, 0.1) is 13.8 Å². The van der Waals surface area contributed by atoms with Crippen LogP contribution in [-0.4, -0.2) is 23.8 Å². The average Bonchev–Trinajstić information content (AvgIpc) is 2.76. The standard InChI is InChI=1S/C19H16Cl2N2O2/c1-10-4-5-11(2)15(8-10)22-17-16(18(24)23(3)19(17)25)13-7-6-12(20)9-14(13)21/h4-9,22H,1-3H3. The third-order valence-corrected chi connectivity index (χ3v) is 4.69. The van der Waals surface area contributed by atoms with Crippen molar-refractivity contribution in [1.82, 2.24) is 4.90 Å². The van der Waals surface area contributed by atoms with Crippen molar-refractivity contribution in [3.63, 3.8) is 0 Å². The van der Waals surface area contributed by atoms with E-state index in [1.807, 2.05) is 32.0 Å². The Balaban J connectivity index is 2.17. The molecular weight excluding hydrogens is 359 g/mol. The van der Waals surface area contributed by atoms with Crippen LogP contribution >= 0.6 is 23.2 Å². The van der Waals surface area contributed by atoms with Crippen molar-refractivity contribution >= 4 is 46.3 Å². The number of aryl methyl sites for hydroxylation is 2. The van der Waals surface area contributed by atoms with Crippen molar-refractivity contribution in [2.45, 2.75) is 13.8 Å². The van der Waals surface area contributed by atoms with Gasteiger partial charge in [0, 0.05) is 23.3 Å². The molecule has 0 spiro atoms. The number of likely N-dealkylation sites (N-methyl/N-ethyl adjacent to an activating group) is 1. The molecule has 0 aliphatic carbocycles. The van der Waals surface area contributed by atoms with Gasteiger partial charge in [-0.3, -0.25) is 14.5 Å². The van der Waals surface area contributed by atoms with Crippen molar-refractivity contribution in [2.75, 3.05) is 12.4 Å². The highest BCUT2D eigenvalue weighted by molar-refractivity contribution is 6.41. The quantitative estimate of drug-likeness (QED) is 0.808. The number of nitrogens with one attached hydrogen (secondary N) is 1. The minimum Gasteiger partial charge on any atom is -0.350 e. The number of imide groups is 1. The number of carbonyl (C=O) groups is 2. The molecule has 0 bridgehead atoms. The Labute approximate surface area is 156 Å².